The van der Waals surface area contributed by atoms with Gasteiger partial charge in [-0.05, 0) is 12.8 Å². The number of nitrogens with one attached hydrogen (secondary N) is 1. The molecule has 94 valence electrons. The van der Waals surface area contributed by atoms with Gasteiger partial charge in [0.2, 0.25) is 11.9 Å². The van der Waals surface area contributed by atoms with E-state index in [1.807, 2.05) is 25.9 Å². The Kier molecular flexibility index (Phi) is 5.32. The molecule has 0 spiro atoms. The number of hydrogen-bond acceptors (Lipinski definition) is 6. The molecule has 0 atom stereocenters. The lowest BCUT2D eigenvalue weighted by molar-refractivity contribution is 0.915. The molecule has 6 heteroatoms. The third-order valence-corrected chi connectivity index (χ3v) is 1.93. The molecule has 0 aromatic carbocycles. The highest BCUT2D eigenvalue weighted by molar-refractivity contribution is 5.60. The lowest BCUT2D eigenvalue weighted by Gasteiger charge is -2.11. The number of rotatable bonds is 6. The van der Waals surface area contributed by atoms with Gasteiger partial charge in [0.15, 0.2) is 0 Å². The SMILES string of the molecule is CCC=Nc1nc(NCCC)nc(N(C)C)n1. The molecule has 0 radical (unpaired) electrons. The number of hydrogen-bond donors (Lipinski definition) is 1. The summed E-state index contributed by atoms with van der Waals surface area (Å²) < 4.78 is 0. The van der Waals surface area contributed by atoms with Gasteiger partial charge < -0.3 is 10.2 Å². The highest BCUT2D eigenvalue weighted by Crippen LogP contribution is 2.13. The number of aliphatic imine (C=N–C) groups is 1. The Morgan fingerprint density at radius 1 is 1.24 bits per heavy atom. The smallest absolute Gasteiger partial charge is 0.255 e. The molecule has 0 saturated heterocycles. The lowest BCUT2D eigenvalue weighted by atomic mass is 10.5. The fraction of sp³-hybridized carbons (Fsp3) is 0.636. The topological polar surface area (TPSA) is 66.3 Å². The van der Waals surface area contributed by atoms with Crippen molar-refractivity contribution in [3.05, 3.63) is 0 Å². The molecule has 0 unspecified atom stereocenters. The summed E-state index contributed by atoms with van der Waals surface area (Å²) in [5, 5.41) is 3.14. The lowest BCUT2D eigenvalue weighted by Crippen LogP contribution is -2.15. The largest absolute Gasteiger partial charge is 0.354 e. The average molecular weight is 236 g/mol. The van der Waals surface area contributed by atoms with Crippen LogP contribution in [0.25, 0.3) is 0 Å². The number of aromatic nitrogens is 3. The van der Waals surface area contributed by atoms with Crippen molar-refractivity contribution in [3.63, 3.8) is 0 Å². The van der Waals surface area contributed by atoms with Crippen molar-refractivity contribution in [2.24, 2.45) is 4.99 Å². The minimum atomic E-state index is 0.448. The van der Waals surface area contributed by atoms with Crippen molar-refractivity contribution in [2.45, 2.75) is 26.7 Å². The van der Waals surface area contributed by atoms with E-state index in [4.69, 9.17) is 0 Å². The van der Waals surface area contributed by atoms with Crippen LogP contribution in [0, 0.1) is 0 Å². The van der Waals surface area contributed by atoms with Crippen molar-refractivity contribution in [1.82, 2.24) is 15.0 Å². The van der Waals surface area contributed by atoms with Crippen LogP contribution in [0.5, 0.6) is 0 Å². The summed E-state index contributed by atoms with van der Waals surface area (Å²) in [4.78, 5) is 18.8. The predicted octanol–water partition coefficient (Wildman–Crippen LogP) is 1.87. The first-order valence-electron chi connectivity index (χ1n) is 5.87. The fourth-order valence-corrected chi connectivity index (χ4v) is 1.10. The van der Waals surface area contributed by atoms with Gasteiger partial charge in [-0.2, -0.15) is 15.0 Å². The van der Waals surface area contributed by atoms with Gasteiger partial charge in [-0.25, -0.2) is 4.99 Å². The maximum Gasteiger partial charge on any atom is 0.255 e. The number of nitrogens with zero attached hydrogens (tertiary/aromatic N) is 5. The predicted molar refractivity (Wildman–Crippen MR) is 71.4 cm³/mol. The molecule has 1 N–H and O–H groups in total. The summed E-state index contributed by atoms with van der Waals surface area (Å²) in [5.74, 6) is 1.64. The third-order valence-electron chi connectivity index (χ3n) is 1.93. The Labute approximate surface area is 102 Å². The van der Waals surface area contributed by atoms with E-state index in [0.717, 1.165) is 19.4 Å². The second-order valence-electron chi connectivity index (χ2n) is 3.80. The Bertz CT molecular complexity index is 374. The van der Waals surface area contributed by atoms with Crippen molar-refractivity contribution in [2.75, 3.05) is 30.9 Å². The molecular formula is C11H20N6. The molecule has 0 saturated carbocycles. The molecule has 0 amide bonds. The molecule has 1 heterocycles. The van der Waals surface area contributed by atoms with Gasteiger partial charge in [-0.3, -0.25) is 0 Å². The van der Waals surface area contributed by atoms with Crippen molar-refractivity contribution in [1.29, 1.82) is 0 Å². The molecule has 0 aliphatic rings. The highest BCUT2D eigenvalue weighted by Gasteiger charge is 2.06. The van der Waals surface area contributed by atoms with E-state index in [-0.39, 0.29) is 0 Å². The van der Waals surface area contributed by atoms with Gasteiger partial charge >= 0.3 is 0 Å². The molecule has 6 nitrogen and oxygen atoms in total. The molecule has 0 bridgehead atoms. The first-order valence-corrected chi connectivity index (χ1v) is 5.87. The second-order valence-corrected chi connectivity index (χ2v) is 3.80. The monoisotopic (exact) mass is 236 g/mol. The summed E-state index contributed by atoms with van der Waals surface area (Å²) in [5.41, 5.74) is 0. The molecule has 17 heavy (non-hydrogen) atoms. The van der Waals surface area contributed by atoms with Crippen LogP contribution < -0.4 is 10.2 Å². The molecule has 1 aromatic rings. The molecule has 0 aliphatic carbocycles. The Morgan fingerprint density at radius 2 is 2.00 bits per heavy atom. The highest BCUT2D eigenvalue weighted by atomic mass is 15.3. The van der Waals surface area contributed by atoms with Crippen LogP contribution in [0.2, 0.25) is 0 Å². The van der Waals surface area contributed by atoms with Crippen LogP contribution in [-0.4, -0.2) is 41.8 Å². The van der Waals surface area contributed by atoms with Crippen LogP contribution in [0.1, 0.15) is 26.7 Å². The summed E-state index contributed by atoms with van der Waals surface area (Å²) in [6.45, 7) is 4.96. The minimum absolute atomic E-state index is 0.448. The standard InChI is InChI=1S/C11H20N6/c1-5-7-12-9-14-10(13-8-6-2)16-11(15-9)17(3)4/h7H,5-6,8H2,1-4H3,(H,13,14,15,16). The van der Waals surface area contributed by atoms with E-state index in [9.17, 15) is 0 Å². The van der Waals surface area contributed by atoms with Crippen LogP contribution in [-0.2, 0) is 0 Å². The first kappa shape index (κ1) is 13.3. The molecule has 1 rings (SSSR count). The quantitative estimate of drug-likeness (QED) is 0.764. The molecular weight excluding hydrogens is 216 g/mol. The first-order chi connectivity index (χ1) is 8.17. The maximum absolute atomic E-state index is 4.30. The van der Waals surface area contributed by atoms with Crippen LogP contribution in [0.3, 0.4) is 0 Å². The molecule has 0 aliphatic heterocycles. The van der Waals surface area contributed by atoms with E-state index in [1.54, 1.807) is 6.21 Å². The summed E-state index contributed by atoms with van der Waals surface area (Å²) in [6, 6.07) is 0. The Hall–Kier alpha value is -1.72. The summed E-state index contributed by atoms with van der Waals surface area (Å²) >= 11 is 0. The normalized spacial score (nSPS) is 10.8. The van der Waals surface area contributed by atoms with E-state index in [0.29, 0.717) is 17.8 Å². The van der Waals surface area contributed by atoms with E-state index >= 15 is 0 Å². The zero-order chi connectivity index (χ0) is 12.7. The van der Waals surface area contributed by atoms with Gasteiger partial charge in [0.25, 0.3) is 5.95 Å². The zero-order valence-corrected chi connectivity index (χ0v) is 10.9. The van der Waals surface area contributed by atoms with Gasteiger partial charge in [-0.15, -0.1) is 0 Å². The maximum atomic E-state index is 4.30. The summed E-state index contributed by atoms with van der Waals surface area (Å²) in [7, 11) is 3.79. The van der Waals surface area contributed by atoms with E-state index < -0.39 is 0 Å². The second kappa shape index (κ2) is 6.78. The van der Waals surface area contributed by atoms with Crippen molar-refractivity contribution >= 4 is 24.1 Å². The molecule has 0 fully saturated rings. The van der Waals surface area contributed by atoms with Gasteiger partial charge in [-0.1, -0.05) is 13.8 Å². The van der Waals surface area contributed by atoms with Crippen LogP contribution >= 0.6 is 0 Å². The third kappa shape index (κ3) is 4.34. The summed E-state index contributed by atoms with van der Waals surface area (Å²) in [6.07, 6.45) is 3.68. The van der Waals surface area contributed by atoms with E-state index in [2.05, 4.69) is 32.2 Å². The van der Waals surface area contributed by atoms with E-state index in [1.165, 1.54) is 0 Å². The van der Waals surface area contributed by atoms with Crippen LogP contribution in [0.4, 0.5) is 17.8 Å². The van der Waals surface area contributed by atoms with Crippen molar-refractivity contribution < 1.29 is 0 Å². The van der Waals surface area contributed by atoms with Gasteiger partial charge in [0.1, 0.15) is 0 Å². The Morgan fingerprint density at radius 3 is 2.59 bits per heavy atom. The van der Waals surface area contributed by atoms with Crippen molar-refractivity contribution in [3.8, 4) is 0 Å². The van der Waals surface area contributed by atoms with Gasteiger partial charge in [0, 0.05) is 26.9 Å². The van der Waals surface area contributed by atoms with Gasteiger partial charge in [0.05, 0.1) is 0 Å². The Balaban J connectivity index is 2.96. The fourth-order valence-electron chi connectivity index (χ4n) is 1.10. The molecule has 1 aromatic heterocycles. The zero-order valence-electron chi connectivity index (χ0n) is 10.9. The minimum Gasteiger partial charge on any atom is -0.354 e. The number of anilines is 2. The average Bonchev–Trinajstić information content (AvgIpc) is 2.33. The van der Waals surface area contributed by atoms with Crippen LogP contribution in [0.15, 0.2) is 4.99 Å².